The summed E-state index contributed by atoms with van der Waals surface area (Å²) in [4.78, 5) is 16.3. The van der Waals surface area contributed by atoms with Crippen molar-refractivity contribution in [2.24, 2.45) is 4.99 Å². The highest BCUT2D eigenvalue weighted by atomic mass is 16.5. The first-order valence-corrected chi connectivity index (χ1v) is 8.44. The van der Waals surface area contributed by atoms with Gasteiger partial charge in [-0.25, -0.2) is 0 Å². The zero-order chi connectivity index (χ0) is 17.6. The summed E-state index contributed by atoms with van der Waals surface area (Å²) < 4.78 is 17.0. The molecule has 25 heavy (non-hydrogen) atoms. The van der Waals surface area contributed by atoms with Crippen molar-refractivity contribution in [1.29, 1.82) is 0 Å². The van der Waals surface area contributed by atoms with Crippen molar-refractivity contribution in [2.75, 3.05) is 13.2 Å². The van der Waals surface area contributed by atoms with E-state index >= 15 is 0 Å². The SMILES string of the molecule is CCOc1ccc(OCC)c(C[C@H]2OC(c3ccccc3)=NC2=O)c1. The first-order valence-electron chi connectivity index (χ1n) is 8.44. The van der Waals surface area contributed by atoms with Crippen LogP contribution in [-0.2, 0) is 16.0 Å². The topological polar surface area (TPSA) is 57.1 Å². The van der Waals surface area contributed by atoms with Gasteiger partial charge in [0.05, 0.1) is 13.2 Å². The van der Waals surface area contributed by atoms with Crippen molar-refractivity contribution >= 4 is 11.8 Å². The van der Waals surface area contributed by atoms with E-state index in [0.29, 0.717) is 25.5 Å². The number of carbonyl (C=O) groups excluding carboxylic acids is 1. The Kier molecular flexibility index (Phi) is 5.33. The highest BCUT2D eigenvalue weighted by molar-refractivity contribution is 6.07. The molecule has 0 aliphatic carbocycles. The molecule has 0 spiro atoms. The van der Waals surface area contributed by atoms with Crippen LogP contribution in [0.4, 0.5) is 0 Å². The van der Waals surface area contributed by atoms with Gasteiger partial charge >= 0.3 is 0 Å². The lowest BCUT2D eigenvalue weighted by Gasteiger charge is -2.15. The molecular formula is C20H21NO4. The number of amides is 1. The molecule has 1 heterocycles. The fourth-order valence-corrected chi connectivity index (χ4v) is 2.69. The van der Waals surface area contributed by atoms with Gasteiger partial charge in [-0.3, -0.25) is 4.79 Å². The van der Waals surface area contributed by atoms with Gasteiger partial charge in [0.1, 0.15) is 11.5 Å². The van der Waals surface area contributed by atoms with Crippen LogP contribution in [0.5, 0.6) is 11.5 Å². The molecule has 3 rings (SSSR count). The molecule has 2 aromatic rings. The molecule has 0 aromatic heterocycles. The van der Waals surface area contributed by atoms with Gasteiger partial charge in [-0.1, -0.05) is 18.2 Å². The maximum absolute atomic E-state index is 12.3. The van der Waals surface area contributed by atoms with Crippen molar-refractivity contribution in [2.45, 2.75) is 26.4 Å². The first kappa shape index (κ1) is 17.0. The van der Waals surface area contributed by atoms with Gasteiger partial charge in [0.2, 0.25) is 5.90 Å². The van der Waals surface area contributed by atoms with Crippen molar-refractivity contribution < 1.29 is 19.0 Å². The summed E-state index contributed by atoms with van der Waals surface area (Å²) in [6.07, 6.45) is -0.263. The number of nitrogens with zero attached hydrogens (tertiary/aromatic N) is 1. The molecule has 0 N–H and O–H groups in total. The maximum atomic E-state index is 12.3. The first-order chi connectivity index (χ1) is 12.2. The van der Waals surface area contributed by atoms with Gasteiger partial charge in [0.25, 0.3) is 5.91 Å². The van der Waals surface area contributed by atoms with E-state index in [4.69, 9.17) is 14.2 Å². The smallest absolute Gasteiger partial charge is 0.290 e. The molecule has 1 aliphatic rings. The second-order valence-corrected chi connectivity index (χ2v) is 5.57. The lowest BCUT2D eigenvalue weighted by molar-refractivity contribution is -0.122. The van der Waals surface area contributed by atoms with Crippen LogP contribution in [0.1, 0.15) is 25.0 Å². The third-order valence-corrected chi connectivity index (χ3v) is 3.81. The lowest BCUT2D eigenvalue weighted by Crippen LogP contribution is -2.21. The Morgan fingerprint density at radius 2 is 1.80 bits per heavy atom. The fourth-order valence-electron chi connectivity index (χ4n) is 2.69. The van der Waals surface area contributed by atoms with Crippen LogP contribution in [0, 0.1) is 0 Å². The minimum absolute atomic E-state index is 0.275. The highest BCUT2D eigenvalue weighted by Crippen LogP contribution is 2.28. The summed E-state index contributed by atoms with van der Waals surface area (Å²) in [6.45, 7) is 4.98. The van der Waals surface area contributed by atoms with E-state index in [1.165, 1.54) is 0 Å². The normalized spacial score (nSPS) is 16.3. The summed E-state index contributed by atoms with van der Waals surface area (Å²) in [5, 5.41) is 0. The summed E-state index contributed by atoms with van der Waals surface area (Å²) in [5.41, 5.74) is 1.67. The van der Waals surface area contributed by atoms with E-state index < -0.39 is 6.10 Å². The Morgan fingerprint density at radius 1 is 1.04 bits per heavy atom. The molecule has 0 saturated carbocycles. The van der Waals surface area contributed by atoms with Crippen LogP contribution >= 0.6 is 0 Å². The Bertz CT molecular complexity index is 771. The fraction of sp³-hybridized carbons (Fsp3) is 0.300. The van der Waals surface area contributed by atoms with Crippen LogP contribution in [0.3, 0.4) is 0 Å². The lowest BCUT2D eigenvalue weighted by atomic mass is 10.1. The van der Waals surface area contributed by atoms with Gasteiger partial charge < -0.3 is 14.2 Å². The zero-order valence-electron chi connectivity index (χ0n) is 14.4. The molecule has 0 unspecified atom stereocenters. The quantitative estimate of drug-likeness (QED) is 0.776. The van der Waals surface area contributed by atoms with Crippen molar-refractivity contribution in [3.05, 3.63) is 59.7 Å². The zero-order valence-corrected chi connectivity index (χ0v) is 14.4. The van der Waals surface area contributed by atoms with Gasteiger partial charge in [-0.2, -0.15) is 4.99 Å². The van der Waals surface area contributed by atoms with Crippen LogP contribution in [-0.4, -0.2) is 31.1 Å². The highest BCUT2D eigenvalue weighted by Gasteiger charge is 2.30. The Morgan fingerprint density at radius 3 is 2.52 bits per heavy atom. The van der Waals surface area contributed by atoms with Crippen molar-refractivity contribution in [1.82, 2.24) is 0 Å². The van der Waals surface area contributed by atoms with Gasteiger partial charge in [0.15, 0.2) is 6.10 Å². The molecule has 5 nitrogen and oxygen atoms in total. The number of hydrogen-bond acceptors (Lipinski definition) is 4. The Hall–Kier alpha value is -2.82. The standard InChI is InChI=1S/C20H21NO4/c1-3-23-16-10-11-17(24-4-2)15(12-16)13-18-19(22)21-20(25-18)14-8-6-5-7-9-14/h5-12,18H,3-4,13H2,1-2H3/t18-/m1/s1. The van der Waals surface area contributed by atoms with Crippen LogP contribution in [0.2, 0.25) is 0 Å². The van der Waals surface area contributed by atoms with E-state index in [9.17, 15) is 4.79 Å². The predicted octanol–water partition coefficient (Wildman–Crippen LogP) is 3.40. The maximum Gasteiger partial charge on any atom is 0.290 e. The molecule has 5 heteroatoms. The molecule has 0 saturated heterocycles. The average molecular weight is 339 g/mol. The predicted molar refractivity (Wildman–Crippen MR) is 95.3 cm³/mol. The number of benzene rings is 2. The van der Waals surface area contributed by atoms with Gasteiger partial charge in [-0.15, -0.1) is 0 Å². The second kappa shape index (κ2) is 7.83. The summed E-state index contributed by atoms with van der Waals surface area (Å²) in [5.74, 6) is 1.57. The van der Waals surface area contributed by atoms with Gasteiger partial charge in [0, 0.05) is 17.5 Å². The van der Waals surface area contributed by atoms with Gasteiger partial charge in [-0.05, 0) is 44.2 Å². The third-order valence-electron chi connectivity index (χ3n) is 3.81. The molecule has 130 valence electrons. The number of ether oxygens (including phenoxy) is 3. The molecule has 2 aromatic carbocycles. The van der Waals surface area contributed by atoms with Crippen LogP contribution in [0.25, 0.3) is 0 Å². The van der Waals surface area contributed by atoms with Crippen LogP contribution < -0.4 is 9.47 Å². The average Bonchev–Trinajstić information content (AvgIpc) is 2.99. The minimum Gasteiger partial charge on any atom is -0.494 e. The Balaban J connectivity index is 1.78. The molecule has 0 fully saturated rings. The molecule has 0 bridgehead atoms. The van der Waals surface area contributed by atoms with Crippen LogP contribution in [0.15, 0.2) is 53.5 Å². The summed E-state index contributed by atoms with van der Waals surface area (Å²) in [7, 11) is 0. The minimum atomic E-state index is -0.647. The summed E-state index contributed by atoms with van der Waals surface area (Å²) >= 11 is 0. The van der Waals surface area contributed by atoms with E-state index in [1.54, 1.807) is 0 Å². The molecule has 1 aliphatic heterocycles. The number of rotatable bonds is 7. The molecular weight excluding hydrogens is 318 g/mol. The molecule has 0 radical (unpaired) electrons. The second-order valence-electron chi connectivity index (χ2n) is 5.57. The molecule has 1 amide bonds. The monoisotopic (exact) mass is 339 g/mol. The largest absolute Gasteiger partial charge is 0.494 e. The Labute approximate surface area is 147 Å². The van der Waals surface area contributed by atoms with E-state index in [0.717, 1.165) is 22.6 Å². The van der Waals surface area contributed by atoms with Crippen molar-refractivity contribution in [3.8, 4) is 11.5 Å². The van der Waals surface area contributed by atoms with E-state index in [-0.39, 0.29) is 5.91 Å². The molecule has 1 atom stereocenters. The number of hydrogen-bond donors (Lipinski definition) is 0. The van der Waals surface area contributed by atoms with Crippen molar-refractivity contribution in [3.63, 3.8) is 0 Å². The third kappa shape index (κ3) is 3.99. The summed E-state index contributed by atoms with van der Waals surface area (Å²) in [6, 6.07) is 15.0. The van der Waals surface area contributed by atoms with E-state index in [1.807, 2.05) is 62.4 Å². The number of carbonyl (C=O) groups is 1. The van der Waals surface area contributed by atoms with E-state index in [2.05, 4.69) is 4.99 Å². The number of aliphatic imine (C=N–C) groups is 1.